The Bertz CT molecular complexity index is 624. The normalized spacial score (nSPS) is 14.4. The Morgan fingerprint density at radius 3 is 3.00 bits per heavy atom. The first-order chi connectivity index (χ1) is 8.76. The van der Waals surface area contributed by atoms with Crippen molar-refractivity contribution in [3.05, 3.63) is 40.2 Å². The summed E-state index contributed by atoms with van der Waals surface area (Å²) in [5, 5.41) is 21.9. The van der Waals surface area contributed by atoms with Gasteiger partial charge in [-0.25, -0.2) is 0 Å². The lowest BCUT2D eigenvalue weighted by Crippen LogP contribution is -2.06. The molecule has 1 saturated carbocycles. The fraction of sp³-hybridized carbons (Fsp3) is 0.333. The van der Waals surface area contributed by atoms with E-state index in [1.807, 2.05) is 6.07 Å². The lowest BCUT2D eigenvalue weighted by Gasteiger charge is -2.02. The predicted molar refractivity (Wildman–Crippen MR) is 65.1 cm³/mol. The molecule has 1 fully saturated rings. The van der Waals surface area contributed by atoms with Gasteiger partial charge < -0.3 is 0 Å². The van der Waals surface area contributed by atoms with E-state index in [1.165, 1.54) is 4.80 Å². The Hall–Kier alpha value is -1.93. The molecular formula is C12H10ClN5. The van der Waals surface area contributed by atoms with E-state index in [1.54, 1.807) is 12.1 Å². The van der Waals surface area contributed by atoms with Crippen LogP contribution in [0.1, 0.15) is 35.7 Å². The van der Waals surface area contributed by atoms with Gasteiger partial charge in [-0.1, -0.05) is 17.7 Å². The molecule has 0 saturated heterocycles. The summed E-state index contributed by atoms with van der Waals surface area (Å²) in [6, 6.07) is 7.35. The fourth-order valence-corrected chi connectivity index (χ4v) is 1.94. The maximum absolute atomic E-state index is 9.05. The Morgan fingerprint density at radius 2 is 2.28 bits per heavy atom. The zero-order chi connectivity index (χ0) is 12.5. The SMILES string of the molecule is N#Cc1cc(Cl)ccc1Cn1nnc(C2CC2)n1. The van der Waals surface area contributed by atoms with Crippen molar-refractivity contribution in [1.82, 2.24) is 20.2 Å². The molecular weight excluding hydrogens is 250 g/mol. The molecule has 0 aliphatic heterocycles. The van der Waals surface area contributed by atoms with Gasteiger partial charge in [0.2, 0.25) is 0 Å². The van der Waals surface area contributed by atoms with Gasteiger partial charge in [-0.3, -0.25) is 0 Å². The molecule has 1 heterocycles. The number of tetrazole rings is 1. The molecule has 6 heteroatoms. The molecule has 18 heavy (non-hydrogen) atoms. The monoisotopic (exact) mass is 259 g/mol. The van der Waals surface area contributed by atoms with E-state index < -0.39 is 0 Å². The van der Waals surface area contributed by atoms with Gasteiger partial charge in [-0.15, -0.1) is 10.2 Å². The van der Waals surface area contributed by atoms with Gasteiger partial charge in [0.05, 0.1) is 18.2 Å². The number of aromatic nitrogens is 4. The van der Waals surface area contributed by atoms with Crippen LogP contribution >= 0.6 is 11.6 Å². The summed E-state index contributed by atoms with van der Waals surface area (Å²) in [4.78, 5) is 1.53. The first-order valence-corrected chi connectivity index (χ1v) is 6.10. The molecule has 0 radical (unpaired) electrons. The van der Waals surface area contributed by atoms with Gasteiger partial charge in [0.15, 0.2) is 5.82 Å². The maximum Gasteiger partial charge on any atom is 0.177 e. The molecule has 1 aliphatic rings. The predicted octanol–water partition coefficient (Wildman–Crippen LogP) is 2.12. The number of nitrogens with zero attached hydrogens (tertiary/aromatic N) is 5. The first kappa shape index (κ1) is 11.2. The molecule has 0 spiro atoms. The van der Waals surface area contributed by atoms with E-state index in [-0.39, 0.29) is 0 Å². The van der Waals surface area contributed by atoms with E-state index in [0.717, 1.165) is 24.2 Å². The molecule has 0 bridgehead atoms. The van der Waals surface area contributed by atoms with Crippen LogP contribution in [0.5, 0.6) is 0 Å². The van der Waals surface area contributed by atoms with Crippen molar-refractivity contribution >= 4 is 11.6 Å². The number of nitriles is 1. The van der Waals surface area contributed by atoms with Gasteiger partial charge in [0, 0.05) is 10.9 Å². The van der Waals surface area contributed by atoms with E-state index >= 15 is 0 Å². The summed E-state index contributed by atoms with van der Waals surface area (Å²) in [6.07, 6.45) is 2.30. The average molecular weight is 260 g/mol. The molecule has 1 aliphatic carbocycles. The van der Waals surface area contributed by atoms with Crippen molar-refractivity contribution in [3.8, 4) is 6.07 Å². The second-order valence-electron chi connectivity index (χ2n) is 4.37. The van der Waals surface area contributed by atoms with Crippen molar-refractivity contribution in [2.24, 2.45) is 0 Å². The van der Waals surface area contributed by atoms with Crippen molar-refractivity contribution in [2.75, 3.05) is 0 Å². The Morgan fingerprint density at radius 1 is 1.44 bits per heavy atom. The standard InChI is InChI=1S/C12H10ClN5/c13-11-4-3-9(10(5-11)6-14)7-18-16-12(15-17-18)8-1-2-8/h3-5,8H,1-2,7H2. The van der Waals surface area contributed by atoms with Crippen molar-refractivity contribution in [3.63, 3.8) is 0 Å². The molecule has 1 aromatic carbocycles. The Balaban J connectivity index is 1.84. The topological polar surface area (TPSA) is 67.4 Å². The molecule has 0 N–H and O–H groups in total. The number of hydrogen-bond acceptors (Lipinski definition) is 4. The summed E-state index contributed by atoms with van der Waals surface area (Å²) < 4.78 is 0. The number of rotatable bonds is 3. The number of halogens is 1. The lowest BCUT2D eigenvalue weighted by atomic mass is 10.1. The third-order valence-corrected chi connectivity index (χ3v) is 3.15. The Kier molecular flexibility index (Phi) is 2.73. The van der Waals surface area contributed by atoms with Gasteiger partial charge in [0.25, 0.3) is 0 Å². The van der Waals surface area contributed by atoms with Crippen LogP contribution in [0.4, 0.5) is 0 Å². The lowest BCUT2D eigenvalue weighted by molar-refractivity contribution is 0.569. The summed E-state index contributed by atoms with van der Waals surface area (Å²) >= 11 is 5.85. The van der Waals surface area contributed by atoms with Crippen LogP contribution in [-0.2, 0) is 6.54 Å². The second kappa shape index (κ2) is 4.39. The molecule has 0 unspecified atom stereocenters. The highest BCUT2D eigenvalue weighted by molar-refractivity contribution is 6.30. The van der Waals surface area contributed by atoms with Crippen molar-refractivity contribution in [2.45, 2.75) is 25.3 Å². The van der Waals surface area contributed by atoms with Crippen LogP contribution in [0.2, 0.25) is 5.02 Å². The minimum atomic E-state index is 0.444. The zero-order valence-corrected chi connectivity index (χ0v) is 10.3. The van der Waals surface area contributed by atoms with Gasteiger partial charge >= 0.3 is 0 Å². The maximum atomic E-state index is 9.05. The van der Waals surface area contributed by atoms with E-state index in [0.29, 0.717) is 23.0 Å². The second-order valence-corrected chi connectivity index (χ2v) is 4.80. The van der Waals surface area contributed by atoms with Crippen molar-refractivity contribution in [1.29, 1.82) is 5.26 Å². The van der Waals surface area contributed by atoms with Crippen LogP contribution in [0.15, 0.2) is 18.2 Å². The molecule has 5 nitrogen and oxygen atoms in total. The smallest absolute Gasteiger partial charge is 0.177 e. The highest BCUT2D eigenvalue weighted by Gasteiger charge is 2.28. The zero-order valence-electron chi connectivity index (χ0n) is 9.54. The van der Waals surface area contributed by atoms with Crippen LogP contribution in [0.3, 0.4) is 0 Å². The molecule has 2 aromatic rings. The fourth-order valence-electron chi connectivity index (χ4n) is 1.77. The third kappa shape index (κ3) is 2.20. The molecule has 1 aromatic heterocycles. The first-order valence-electron chi connectivity index (χ1n) is 5.72. The molecule has 0 atom stereocenters. The van der Waals surface area contributed by atoms with E-state index in [4.69, 9.17) is 16.9 Å². The van der Waals surface area contributed by atoms with E-state index in [9.17, 15) is 0 Å². The average Bonchev–Trinajstić information content (AvgIpc) is 3.12. The van der Waals surface area contributed by atoms with Crippen LogP contribution in [-0.4, -0.2) is 20.2 Å². The van der Waals surface area contributed by atoms with Gasteiger partial charge in [-0.2, -0.15) is 10.1 Å². The summed E-state index contributed by atoms with van der Waals surface area (Å²) in [6.45, 7) is 0.444. The molecule has 0 amide bonds. The highest BCUT2D eigenvalue weighted by atomic mass is 35.5. The summed E-state index contributed by atoms with van der Waals surface area (Å²) in [5.74, 6) is 1.29. The van der Waals surface area contributed by atoms with Gasteiger partial charge in [0.1, 0.15) is 0 Å². The third-order valence-electron chi connectivity index (χ3n) is 2.91. The van der Waals surface area contributed by atoms with E-state index in [2.05, 4.69) is 21.5 Å². The molecule has 90 valence electrons. The van der Waals surface area contributed by atoms with Gasteiger partial charge in [-0.05, 0) is 35.8 Å². The minimum Gasteiger partial charge on any atom is -0.192 e. The minimum absolute atomic E-state index is 0.444. The van der Waals surface area contributed by atoms with Crippen LogP contribution in [0, 0.1) is 11.3 Å². The van der Waals surface area contributed by atoms with Crippen LogP contribution < -0.4 is 0 Å². The number of hydrogen-bond donors (Lipinski definition) is 0. The molecule has 3 rings (SSSR count). The highest BCUT2D eigenvalue weighted by Crippen LogP contribution is 2.37. The quantitative estimate of drug-likeness (QED) is 0.847. The number of benzene rings is 1. The summed E-state index contributed by atoms with van der Waals surface area (Å²) in [5.41, 5.74) is 1.40. The summed E-state index contributed by atoms with van der Waals surface area (Å²) in [7, 11) is 0. The largest absolute Gasteiger partial charge is 0.192 e. The van der Waals surface area contributed by atoms with Crippen LogP contribution in [0.25, 0.3) is 0 Å². The van der Waals surface area contributed by atoms with Crippen molar-refractivity contribution < 1.29 is 0 Å². The Labute approximate surface area is 109 Å².